The highest BCUT2D eigenvalue weighted by molar-refractivity contribution is 5.62. The average Bonchev–Trinajstić information content (AvgIpc) is 3.28. The van der Waals surface area contributed by atoms with Gasteiger partial charge in [-0.15, -0.1) is 0 Å². The van der Waals surface area contributed by atoms with E-state index in [4.69, 9.17) is 18.9 Å². The minimum Gasteiger partial charge on any atom is -0.430 e. The third kappa shape index (κ3) is 4.10. The van der Waals surface area contributed by atoms with Gasteiger partial charge in [-0.2, -0.15) is 0 Å². The number of carbonyl (C=O) groups is 1. The fourth-order valence-corrected chi connectivity index (χ4v) is 8.22. The van der Waals surface area contributed by atoms with Gasteiger partial charge in [0.1, 0.15) is 37.1 Å². The van der Waals surface area contributed by atoms with Crippen LogP contribution in [0.4, 0.5) is 4.79 Å². The van der Waals surface area contributed by atoms with Crippen molar-refractivity contribution in [1.29, 1.82) is 0 Å². The highest BCUT2D eigenvalue weighted by Gasteiger charge is 2.59. The van der Waals surface area contributed by atoms with E-state index in [2.05, 4.69) is 33.8 Å². The van der Waals surface area contributed by atoms with Gasteiger partial charge in [-0.05, 0) is 61.2 Å². The lowest BCUT2D eigenvalue weighted by atomic mass is 9.45. The van der Waals surface area contributed by atoms with E-state index < -0.39 is 43.5 Å². The zero-order valence-corrected chi connectivity index (χ0v) is 21.8. The fourth-order valence-electron chi connectivity index (χ4n) is 8.22. The van der Waals surface area contributed by atoms with Gasteiger partial charge in [-0.25, -0.2) is 4.79 Å². The summed E-state index contributed by atoms with van der Waals surface area (Å²) in [5, 5.41) is 40.4. The smallest absolute Gasteiger partial charge is 0.430 e. The lowest BCUT2D eigenvalue weighted by molar-refractivity contribution is -0.327. The molecule has 0 amide bonds. The summed E-state index contributed by atoms with van der Waals surface area (Å²) in [4.78, 5) is 11.6. The summed E-state index contributed by atoms with van der Waals surface area (Å²) in [7, 11) is 0. The van der Waals surface area contributed by atoms with Gasteiger partial charge in [0.25, 0.3) is 0 Å². The van der Waals surface area contributed by atoms with Gasteiger partial charge in [0.2, 0.25) is 0 Å². The fraction of sp³-hybridized carbons (Fsp3) is 0.889. The maximum atomic E-state index is 11.6. The average molecular weight is 511 g/mol. The molecule has 11 atom stereocenters. The second kappa shape index (κ2) is 9.20. The molecule has 0 aromatic carbocycles. The molecule has 3 aliphatic carbocycles. The second-order valence-electron chi connectivity index (χ2n) is 12.8. The van der Waals surface area contributed by atoms with E-state index in [9.17, 15) is 25.2 Å². The van der Waals surface area contributed by atoms with Crippen molar-refractivity contribution >= 4 is 6.16 Å². The Hall–Kier alpha value is -1.23. The van der Waals surface area contributed by atoms with E-state index >= 15 is 0 Å². The van der Waals surface area contributed by atoms with Crippen LogP contribution in [0.1, 0.15) is 66.2 Å². The van der Waals surface area contributed by atoms with Crippen molar-refractivity contribution in [3.8, 4) is 0 Å². The highest BCUT2D eigenvalue weighted by atomic mass is 16.8. The summed E-state index contributed by atoms with van der Waals surface area (Å²) in [5.41, 5.74) is 1.13. The number of rotatable bonds is 4. The van der Waals surface area contributed by atoms with Crippen molar-refractivity contribution in [3.05, 3.63) is 11.6 Å². The molecular formula is C27H42O9. The molecule has 2 saturated carbocycles. The molecule has 2 aliphatic heterocycles. The predicted molar refractivity (Wildman–Crippen MR) is 128 cm³/mol. The number of fused-ring (bicyclic) bond motifs is 3. The van der Waals surface area contributed by atoms with E-state index in [1.807, 2.05) is 0 Å². The van der Waals surface area contributed by atoms with Crippen molar-refractivity contribution in [3.63, 3.8) is 0 Å². The van der Waals surface area contributed by atoms with Gasteiger partial charge in [0, 0.05) is 5.41 Å². The zero-order valence-electron chi connectivity index (χ0n) is 21.8. The molecule has 204 valence electrons. The maximum absolute atomic E-state index is 11.6. The molecule has 0 radical (unpaired) electrons. The molecule has 5 rings (SSSR count). The first-order valence-electron chi connectivity index (χ1n) is 13.4. The number of cyclic esters (lactones) is 2. The lowest BCUT2D eigenvalue weighted by Gasteiger charge is -2.62. The Morgan fingerprint density at radius 2 is 1.78 bits per heavy atom. The predicted octanol–water partition coefficient (Wildman–Crippen LogP) is 2.29. The first kappa shape index (κ1) is 26.4. The Morgan fingerprint density at radius 3 is 2.44 bits per heavy atom. The number of aliphatic hydroxyl groups excluding tert-OH is 4. The molecule has 0 aromatic heterocycles. The Bertz CT molecular complexity index is 886. The Morgan fingerprint density at radius 1 is 1.03 bits per heavy atom. The summed E-state index contributed by atoms with van der Waals surface area (Å²) >= 11 is 0. The van der Waals surface area contributed by atoms with Crippen LogP contribution in [0.5, 0.6) is 0 Å². The number of carbonyl (C=O) groups excluding carboxylic acids is 1. The van der Waals surface area contributed by atoms with Gasteiger partial charge >= 0.3 is 6.16 Å². The third-order valence-electron chi connectivity index (χ3n) is 10.4. The van der Waals surface area contributed by atoms with E-state index in [1.54, 1.807) is 0 Å². The van der Waals surface area contributed by atoms with Crippen LogP contribution in [0.25, 0.3) is 0 Å². The molecule has 36 heavy (non-hydrogen) atoms. The summed E-state index contributed by atoms with van der Waals surface area (Å²) in [5.74, 6) is 0.836. The Balaban J connectivity index is 1.33. The summed E-state index contributed by atoms with van der Waals surface area (Å²) in [6, 6.07) is 0. The van der Waals surface area contributed by atoms with Crippen molar-refractivity contribution in [1.82, 2.24) is 0 Å². The summed E-state index contributed by atoms with van der Waals surface area (Å²) in [6.45, 7) is 8.87. The summed E-state index contributed by atoms with van der Waals surface area (Å²) in [6.07, 6.45) is 0.766. The van der Waals surface area contributed by atoms with Crippen LogP contribution in [0, 0.1) is 28.1 Å². The van der Waals surface area contributed by atoms with E-state index in [-0.39, 0.29) is 28.5 Å². The van der Waals surface area contributed by atoms with Crippen LogP contribution in [0.15, 0.2) is 11.6 Å². The molecule has 2 saturated heterocycles. The minimum absolute atomic E-state index is 0.0903. The van der Waals surface area contributed by atoms with Gasteiger partial charge in [-0.1, -0.05) is 39.3 Å². The molecule has 4 N–H and O–H groups in total. The molecule has 0 unspecified atom stereocenters. The highest BCUT2D eigenvalue weighted by Crippen LogP contribution is 2.64. The molecule has 2 heterocycles. The largest absolute Gasteiger partial charge is 0.508 e. The zero-order chi connectivity index (χ0) is 26.0. The number of hydrogen-bond donors (Lipinski definition) is 4. The van der Waals surface area contributed by atoms with Crippen molar-refractivity contribution in [2.24, 2.45) is 28.1 Å². The molecule has 0 bridgehead atoms. The van der Waals surface area contributed by atoms with Crippen molar-refractivity contribution in [2.75, 3.05) is 13.2 Å². The van der Waals surface area contributed by atoms with E-state index in [0.29, 0.717) is 18.4 Å². The topological polar surface area (TPSA) is 135 Å². The lowest BCUT2D eigenvalue weighted by Crippen LogP contribution is -2.62. The Labute approximate surface area is 212 Å². The van der Waals surface area contributed by atoms with Crippen LogP contribution in [0.3, 0.4) is 0 Å². The Kier molecular flexibility index (Phi) is 6.74. The van der Waals surface area contributed by atoms with Crippen molar-refractivity contribution in [2.45, 2.75) is 109 Å². The molecule has 0 spiro atoms. The first-order valence-corrected chi connectivity index (χ1v) is 13.4. The standard InChI is InChI=1S/C27H42O9/c1-25(2)17-6-5-14-11-26(3,19-13-33-24(32)36-19)9-7-15(14)27(17,4)10-8-18(25)35-23-22(31)21(30)20(29)16(12-28)34-23/h11,15-23,28-31H,5-10,12-13H2,1-4H3/t15-,16-,17-,18-,19-,20-,21+,22-,23+,26+,27+/m1/s1. The number of aliphatic hydroxyl groups is 4. The van der Waals surface area contributed by atoms with Gasteiger partial charge in [0.15, 0.2) is 6.29 Å². The van der Waals surface area contributed by atoms with Gasteiger partial charge in [0.05, 0.1) is 12.7 Å². The van der Waals surface area contributed by atoms with E-state index in [0.717, 1.165) is 38.5 Å². The van der Waals surface area contributed by atoms with Crippen molar-refractivity contribution < 1.29 is 44.2 Å². The second-order valence-corrected chi connectivity index (χ2v) is 12.8. The molecule has 4 fully saturated rings. The SMILES string of the molecule is CC1(C)[C@H]2CCC3=C[C@@](C)([C@H]4COC(=O)O4)CC[C@H]3[C@]2(C)CC[C@H]1O[C@@H]1O[C@H](CO)[C@@H](O)[C@H](O)[C@H]1O. The number of ether oxygens (including phenoxy) is 4. The van der Waals surface area contributed by atoms with Crippen LogP contribution >= 0.6 is 0 Å². The molecule has 9 nitrogen and oxygen atoms in total. The molecule has 9 heteroatoms. The summed E-state index contributed by atoms with van der Waals surface area (Å²) < 4.78 is 22.5. The number of hydrogen-bond acceptors (Lipinski definition) is 9. The first-order chi connectivity index (χ1) is 16.9. The van der Waals surface area contributed by atoms with Crippen LogP contribution < -0.4 is 0 Å². The molecular weight excluding hydrogens is 468 g/mol. The number of allylic oxidation sites excluding steroid dienone is 1. The minimum atomic E-state index is -1.44. The van der Waals surface area contributed by atoms with Crippen LogP contribution in [0.2, 0.25) is 0 Å². The van der Waals surface area contributed by atoms with Crippen LogP contribution in [-0.4, -0.2) is 82.7 Å². The maximum Gasteiger partial charge on any atom is 0.508 e. The van der Waals surface area contributed by atoms with E-state index in [1.165, 1.54) is 5.57 Å². The third-order valence-corrected chi connectivity index (χ3v) is 10.4. The normalized spacial score (nSPS) is 50.4. The monoisotopic (exact) mass is 510 g/mol. The molecule has 0 aromatic rings. The molecule has 5 aliphatic rings. The van der Waals surface area contributed by atoms with Gasteiger partial charge < -0.3 is 39.4 Å². The quantitative estimate of drug-likeness (QED) is 0.255. The van der Waals surface area contributed by atoms with Crippen LogP contribution in [-0.2, 0) is 18.9 Å². The van der Waals surface area contributed by atoms with Gasteiger partial charge in [-0.3, -0.25) is 0 Å².